The minimum absolute atomic E-state index is 0.562. The second-order valence-electron chi connectivity index (χ2n) is 6.12. The molecule has 0 N–H and O–H groups in total. The van der Waals surface area contributed by atoms with E-state index in [1.807, 2.05) is 6.92 Å². The molecule has 1 aliphatic heterocycles. The van der Waals surface area contributed by atoms with Crippen LogP contribution in [0.3, 0.4) is 0 Å². The number of hydrogen-bond donors (Lipinski definition) is 0. The quantitative estimate of drug-likeness (QED) is 0.790. The number of rotatable bonds is 5. The number of likely N-dealkylation sites (tertiary alicyclic amines) is 1. The van der Waals surface area contributed by atoms with Crippen LogP contribution in [0.25, 0.3) is 0 Å². The number of benzene rings is 2. The molecule has 0 radical (unpaired) electrons. The summed E-state index contributed by atoms with van der Waals surface area (Å²) in [5.41, 5.74) is 4.18. The highest BCUT2D eigenvalue weighted by Crippen LogP contribution is 2.33. The molecule has 1 atom stereocenters. The summed E-state index contributed by atoms with van der Waals surface area (Å²) < 4.78 is 5.52. The molecule has 22 heavy (non-hydrogen) atoms. The molecular weight excluding hydrogens is 270 g/mol. The van der Waals surface area contributed by atoms with Crippen LogP contribution in [0.4, 0.5) is 0 Å². The lowest BCUT2D eigenvalue weighted by atomic mass is 10.0. The lowest BCUT2D eigenvalue weighted by Gasteiger charge is -2.25. The zero-order valence-corrected chi connectivity index (χ0v) is 13.6. The molecule has 3 rings (SSSR count). The van der Waals surface area contributed by atoms with Gasteiger partial charge < -0.3 is 4.74 Å². The van der Waals surface area contributed by atoms with Gasteiger partial charge in [0.1, 0.15) is 5.75 Å². The van der Waals surface area contributed by atoms with Crippen molar-refractivity contribution < 1.29 is 4.74 Å². The van der Waals surface area contributed by atoms with Gasteiger partial charge >= 0.3 is 0 Å². The summed E-state index contributed by atoms with van der Waals surface area (Å²) in [5, 5.41) is 0. The van der Waals surface area contributed by atoms with Gasteiger partial charge in [-0.05, 0) is 56.5 Å². The molecule has 2 aromatic rings. The van der Waals surface area contributed by atoms with Crippen molar-refractivity contribution in [3.63, 3.8) is 0 Å². The van der Waals surface area contributed by atoms with Crippen molar-refractivity contribution in [2.45, 2.75) is 39.3 Å². The number of ether oxygens (including phenoxy) is 1. The summed E-state index contributed by atoms with van der Waals surface area (Å²) in [7, 11) is 0. The van der Waals surface area contributed by atoms with Crippen LogP contribution in [0, 0.1) is 6.92 Å². The van der Waals surface area contributed by atoms with Gasteiger partial charge in [-0.1, -0.05) is 42.0 Å². The zero-order chi connectivity index (χ0) is 15.4. The van der Waals surface area contributed by atoms with Gasteiger partial charge in [0.05, 0.1) is 6.61 Å². The van der Waals surface area contributed by atoms with Gasteiger partial charge in [0.15, 0.2) is 0 Å². The summed E-state index contributed by atoms with van der Waals surface area (Å²) in [6, 6.07) is 18.1. The van der Waals surface area contributed by atoms with E-state index in [-0.39, 0.29) is 0 Å². The van der Waals surface area contributed by atoms with Gasteiger partial charge in [0, 0.05) is 12.6 Å². The number of hydrogen-bond acceptors (Lipinski definition) is 2. The van der Waals surface area contributed by atoms with Crippen LogP contribution in [0.1, 0.15) is 42.5 Å². The standard InChI is InChI=1S/C20H25NO/c1-3-22-19-11-9-17(10-12-19)15-21-13-5-8-20(21)18-7-4-6-16(2)14-18/h4,6-7,9-12,14,20H,3,5,8,13,15H2,1-2H3/t20-/m0/s1. The highest BCUT2D eigenvalue weighted by molar-refractivity contribution is 5.29. The molecule has 0 saturated carbocycles. The van der Waals surface area contributed by atoms with Crippen LogP contribution >= 0.6 is 0 Å². The average molecular weight is 295 g/mol. The van der Waals surface area contributed by atoms with Crippen LogP contribution in [0.15, 0.2) is 48.5 Å². The van der Waals surface area contributed by atoms with Gasteiger partial charge in [0.25, 0.3) is 0 Å². The summed E-state index contributed by atoms with van der Waals surface area (Å²) >= 11 is 0. The second-order valence-corrected chi connectivity index (χ2v) is 6.12. The minimum atomic E-state index is 0.562. The van der Waals surface area contributed by atoms with E-state index in [4.69, 9.17) is 4.74 Å². The Morgan fingerprint density at radius 3 is 2.68 bits per heavy atom. The van der Waals surface area contributed by atoms with E-state index >= 15 is 0 Å². The summed E-state index contributed by atoms with van der Waals surface area (Å²) in [4.78, 5) is 2.60. The summed E-state index contributed by atoms with van der Waals surface area (Å²) in [5.74, 6) is 0.961. The Labute approximate surface area is 133 Å². The molecule has 2 aromatic carbocycles. The Morgan fingerprint density at radius 2 is 1.95 bits per heavy atom. The zero-order valence-electron chi connectivity index (χ0n) is 13.6. The molecular formula is C20H25NO. The average Bonchev–Trinajstić information content (AvgIpc) is 2.98. The molecule has 0 unspecified atom stereocenters. The number of nitrogens with zero attached hydrogens (tertiary/aromatic N) is 1. The SMILES string of the molecule is CCOc1ccc(CN2CCC[C@H]2c2cccc(C)c2)cc1. The third kappa shape index (κ3) is 3.50. The molecule has 1 saturated heterocycles. The van der Waals surface area contributed by atoms with Gasteiger partial charge in [0.2, 0.25) is 0 Å². The van der Waals surface area contributed by atoms with Crippen molar-refractivity contribution in [1.29, 1.82) is 0 Å². The fourth-order valence-electron chi connectivity index (χ4n) is 3.36. The normalized spacial score (nSPS) is 18.5. The highest BCUT2D eigenvalue weighted by atomic mass is 16.5. The van der Waals surface area contributed by atoms with Gasteiger partial charge in [-0.2, -0.15) is 0 Å². The maximum absolute atomic E-state index is 5.52. The van der Waals surface area contributed by atoms with E-state index in [1.54, 1.807) is 0 Å². The monoisotopic (exact) mass is 295 g/mol. The highest BCUT2D eigenvalue weighted by Gasteiger charge is 2.25. The molecule has 1 heterocycles. The van der Waals surface area contributed by atoms with E-state index in [2.05, 4.69) is 60.4 Å². The first-order valence-electron chi connectivity index (χ1n) is 8.28. The lowest BCUT2D eigenvalue weighted by molar-refractivity contribution is 0.248. The predicted molar refractivity (Wildman–Crippen MR) is 91.2 cm³/mol. The third-order valence-electron chi connectivity index (χ3n) is 4.41. The molecule has 2 heteroatoms. The Balaban J connectivity index is 1.71. The first-order valence-corrected chi connectivity index (χ1v) is 8.28. The van der Waals surface area contributed by atoms with E-state index < -0.39 is 0 Å². The molecule has 1 aliphatic rings. The molecule has 0 spiro atoms. The molecule has 0 bridgehead atoms. The molecule has 0 aliphatic carbocycles. The molecule has 2 nitrogen and oxygen atoms in total. The Bertz CT molecular complexity index is 605. The Kier molecular flexibility index (Phi) is 4.79. The van der Waals surface area contributed by atoms with Crippen LogP contribution in [0.2, 0.25) is 0 Å². The van der Waals surface area contributed by atoms with Crippen LogP contribution in [-0.4, -0.2) is 18.1 Å². The van der Waals surface area contributed by atoms with Crippen molar-refractivity contribution in [2.75, 3.05) is 13.2 Å². The van der Waals surface area contributed by atoms with Crippen LogP contribution in [0.5, 0.6) is 5.75 Å². The van der Waals surface area contributed by atoms with Crippen molar-refractivity contribution >= 4 is 0 Å². The second kappa shape index (κ2) is 6.97. The molecule has 0 amide bonds. The van der Waals surface area contributed by atoms with Crippen molar-refractivity contribution in [3.05, 3.63) is 65.2 Å². The first kappa shape index (κ1) is 15.1. The van der Waals surface area contributed by atoms with Crippen LogP contribution < -0.4 is 4.74 Å². The fourth-order valence-corrected chi connectivity index (χ4v) is 3.36. The van der Waals surface area contributed by atoms with E-state index in [0.717, 1.165) is 18.9 Å². The first-order chi connectivity index (χ1) is 10.8. The van der Waals surface area contributed by atoms with Gasteiger partial charge in [-0.15, -0.1) is 0 Å². The smallest absolute Gasteiger partial charge is 0.119 e. The maximum atomic E-state index is 5.52. The van der Waals surface area contributed by atoms with E-state index in [1.165, 1.54) is 36.1 Å². The molecule has 116 valence electrons. The molecule has 1 fully saturated rings. The van der Waals surface area contributed by atoms with Crippen molar-refractivity contribution in [3.8, 4) is 5.75 Å². The topological polar surface area (TPSA) is 12.5 Å². The molecule has 0 aromatic heterocycles. The fraction of sp³-hybridized carbons (Fsp3) is 0.400. The Morgan fingerprint density at radius 1 is 1.14 bits per heavy atom. The minimum Gasteiger partial charge on any atom is -0.494 e. The third-order valence-corrected chi connectivity index (χ3v) is 4.41. The predicted octanol–water partition coefficient (Wildman–Crippen LogP) is 4.73. The number of aryl methyl sites for hydroxylation is 1. The van der Waals surface area contributed by atoms with Crippen LogP contribution in [-0.2, 0) is 6.54 Å². The van der Waals surface area contributed by atoms with Gasteiger partial charge in [-0.3, -0.25) is 4.90 Å². The largest absolute Gasteiger partial charge is 0.494 e. The maximum Gasteiger partial charge on any atom is 0.119 e. The van der Waals surface area contributed by atoms with Crippen molar-refractivity contribution in [1.82, 2.24) is 4.90 Å². The lowest BCUT2D eigenvalue weighted by Crippen LogP contribution is -2.22. The van der Waals surface area contributed by atoms with E-state index in [9.17, 15) is 0 Å². The van der Waals surface area contributed by atoms with Gasteiger partial charge in [-0.25, -0.2) is 0 Å². The van der Waals surface area contributed by atoms with E-state index in [0.29, 0.717) is 6.04 Å². The summed E-state index contributed by atoms with van der Waals surface area (Å²) in [6.45, 7) is 7.12. The Hall–Kier alpha value is -1.80. The van der Waals surface area contributed by atoms with Crippen molar-refractivity contribution in [2.24, 2.45) is 0 Å². The summed E-state index contributed by atoms with van der Waals surface area (Å²) in [6.07, 6.45) is 2.55.